The van der Waals surface area contributed by atoms with Crippen LogP contribution in [-0.4, -0.2) is 28.5 Å². The number of carbonyl (C=O) groups is 2. The number of alkyl carbamates (subject to hydrolysis) is 1. The van der Waals surface area contributed by atoms with E-state index in [9.17, 15) is 9.59 Å². The first kappa shape index (κ1) is 18.4. The zero-order valence-electron chi connectivity index (χ0n) is 14.9. The monoisotopic (exact) mass is 366 g/mol. The van der Waals surface area contributed by atoms with Gasteiger partial charge in [-0.3, -0.25) is 4.79 Å². The molecule has 0 saturated heterocycles. The molecule has 2 aromatic carbocycles. The fourth-order valence-electron chi connectivity index (χ4n) is 2.57. The molecule has 0 aliphatic carbocycles. The number of imidazole rings is 1. The van der Waals surface area contributed by atoms with Crippen molar-refractivity contribution >= 4 is 23.0 Å². The van der Waals surface area contributed by atoms with Crippen molar-refractivity contribution in [1.29, 1.82) is 0 Å². The van der Waals surface area contributed by atoms with Crippen molar-refractivity contribution in [2.45, 2.75) is 26.0 Å². The minimum atomic E-state index is -0.485. The second-order valence-corrected chi connectivity index (χ2v) is 6.07. The number of carbonyl (C=O) groups excluding carboxylic acids is 2. The predicted octanol–water partition coefficient (Wildman–Crippen LogP) is 2.89. The summed E-state index contributed by atoms with van der Waals surface area (Å²) in [5, 5.41) is 5.46. The lowest BCUT2D eigenvalue weighted by molar-refractivity contribution is -0.121. The number of amides is 2. The van der Waals surface area contributed by atoms with Gasteiger partial charge in [0.1, 0.15) is 12.4 Å². The fourth-order valence-corrected chi connectivity index (χ4v) is 2.57. The highest BCUT2D eigenvalue weighted by Crippen LogP contribution is 2.09. The topological polar surface area (TPSA) is 96.1 Å². The molecule has 0 radical (unpaired) electrons. The molecule has 0 aliphatic rings. The molecule has 0 fully saturated rings. The summed E-state index contributed by atoms with van der Waals surface area (Å²) in [4.78, 5) is 31.1. The molecule has 0 saturated carbocycles. The van der Waals surface area contributed by atoms with Crippen molar-refractivity contribution < 1.29 is 14.3 Å². The lowest BCUT2D eigenvalue weighted by atomic mass is 10.2. The molecule has 0 bridgehead atoms. The van der Waals surface area contributed by atoms with Crippen LogP contribution in [0.15, 0.2) is 54.6 Å². The molecule has 0 aliphatic heterocycles. The van der Waals surface area contributed by atoms with Crippen LogP contribution in [0.5, 0.6) is 0 Å². The highest BCUT2D eigenvalue weighted by Gasteiger charge is 2.06. The first-order valence-corrected chi connectivity index (χ1v) is 8.85. The second-order valence-electron chi connectivity index (χ2n) is 6.07. The van der Waals surface area contributed by atoms with Gasteiger partial charge in [-0.1, -0.05) is 42.5 Å². The van der Waals surface area contributed by atoms with Crippen LogP contribution >= 0.6 is 0 Å². The van der Waals surface area contributed by atoms with Gasteiger partial charge in [0.15, 0.2) is 0 Å². The quantitative estimate of drug-likeness (QED) is 0.534. The third-order valence-electron chi connectivity index (χ3n) is 3.95. The maximum atomic E-state index is 11.9. The maximum absolute atomic E-state index is 11.9. The Balaban J connectivity index is 1.28. The van der Waals surface area contributed by atoms with Crippen LogP contribution < -0.4 is 10.6 Å². The van der Waals surface area contributed by atoms with E-state index in [1.807, 2.05) is 54.6 Å². The van der Waals surface area contributed by atoms with Crippen LogP contribution in [0, 0.1) is 0 Å². The molecule has 0 atom stereocenters. The summed E-state index contributed by atoms with van der Waals surface area (Å²) >= 11 is 0. The molecular weight excluding hydrogens is 344 g/mol. The van der Waals surface area contributed by atoms with E-state index < -0.39 is 6.09 Å². The van der Waals surface area contributed by atoms with Crippen LogP contribution in [0.25, 0.3) is 11.0 Å². The van der Waals surface area contributed by atoms with E-state index in [0.717, 1.165) is 16.6 Å². The SMILES string of the molecule is O=C(CCCNC(=O)OCc1ccccc1)NCc1nc2ccccc2[nH]1. The van der Waals surface area contributed by atoms with Crippen molar-refractivity contribution in [2.75, 3.05) is 6.54 Å². The first-order valence-electron chi connectivity index (χ1n) is 8.85. The normalized spacial score (nSPS) is 10.5. The van der Waals surface area contributed by atoms with E-state index in [2.05, 4.69) is 20.6 Å². The Morgan fingerprint density at radius 1 is 1.00 bits per heavy atom. The summed E-state index contributed by atoms with van der Waals surface area (Å²) in [6.07, 6.45) is 0.368. The summed E-state index contributed by atoms with van der Waals surface area (Å²) in [7, 11) is 0. The number of aromatic amines is 1. The van der Waals surface area contributed by atoms with Gasteiger partial charge in [-0.05, 0) is 24.1 Å². The van der Waals surface area contributed by atoms with Gasteiger partial charge in [-0.15, -0.1) is 0 Å². The maximum Gasteiger partial charge on any atom is 0.407 e. The van der Waals surface area contributed by atoms with Gasteiger partial charge in [0, 0.05) is 13.0 Å². The van der Waals surface area contributed by atoms with E-state index in [4.69, 9.17) is 4.74 Å². The van der Waals surface area contributed by atoms with E-state index in [-0.39, 0.29) is 12.5 Å². The number of rotatable bonds is 8. The number of para-hydroxylation sites is 2. The summed E-state index contributed by atoms with van der Waals surface area (Å²) in [6.45, 7) is 0.955. The minimum absolute atomic E-state index is 0.0880. The minimum Gasteiger partial charge on any atom is -0.445 e. The first-order chi connectivity index (χ1) is 13.2. The average Bonchev–Trinajstić information content (AvgIpc) is 3.12. The Hall–Kier alpha value is -3.35. The number of benzene rings is 2. The van der Waals surface area contributed by atoms with E-state index in [1.165, 1.54) is 0 Å². The number of hydrogen-bond donors (Lipinski definition) is 3. The number of nitrogens with zero attached hydrogens (tertiary/aromatic N) is 1. The largest absolute Gasteiger partial charge is 0.445 e. The van der Waals surface area contributed by atoms with Crippen LogP contribution in [0.1, 0.15) is 24.2 Å². The Bertz CT molecular complexity index is 859. The van der Waals surface area contributed by atoms with E-state index in [1.54, 1.807) is 0 Å². The third-order valence-corrected chi connectivity index (χ3v) is 3.95. The zero-order valence-corrected chi connectivity index (χ0v) is 14.9. The Labute approximate surface area is 157 Å². The van der Waals surface area contributed by atoms with Crippen LogP contribution in [0.4, 0.5) is 4.79 Å². The standard InChI is InChI=1S/C20H22N4O3/c25-19(22-13-18-23-16-9-4-5-10-17(16)24-18)11-6-12-21-20(26)27-14-15-7-2-1-3-8-15/h1-5,7-10H,6,11-14H2,(H,21,26)(H,22,25)(H,23,24). The molecule has 3 aromatic rings. The molecule has 2 amide bonds. The number of aromatic nitrogens is 2. The van der Waals surface area contributed by atoms with E-state index in [0.29, 0.717) is 31.8 Å². The smallest absolute Gasteiger partial charge is 0.407 e. The molecule has 3 N–H and O–H groups in total. The molecular formula is C20H22N4O3. The lowest BCUT2D eigenvalue weighted by Gasteiger charge is -2.07. The molecule has 0 spiro atoms. The van der Waals surface area contributed by atoms with Crippen LogP contribution in [0.2, 0.25) is 0 Å². The van der Waals surface area contributed by atoms with Crippen molar-refractivity contribution in [1.82, 2.24) is 20.6 Å². The van der Waals surface area contributed by atoms with Crippen LogP contribution in [0.3, 0.4) is 0 Å². The molecule has 7 nitrogen and oxygen atoms in total. The van der Waals surface area contributed by atoms with E-state index >= 15 is 0 Å². The van der Waals surface area contributed by atoms with Gasteiger partial charge in [0.2, 0.25) is 5.91 Å². The zero-order chi connectivity index (χ0) is 18.9. The Morgan fingerprint density at radius 3 is 2.59 bits per heavy atom. The van der Waals surface area contributed by atoms with Crippen molar-refractivity contribution in [2.24, 2.45) is 0 Å². The summed E-state index contributed by atoms with van der Waals surface area (Å²) < 4.78 is 5.11. The van der Waals surface area contributed by atoms with Crippen molar-refractivity contribution in [3.8, 4) is 0 Å². The molecule has 0 unspecified atom stereocenters. The predicted molar refractivity (Wildman–Crippen MR) is 102 cm³/mol. The van der Waals surface area contributed by atoms with Gasteiger partial charge in [-0.25, -0.2) is 9.78 Å². The number of nitrogens with one attached hydrogen (secondary N) is 3. The molecule has 3 rings (SSSR count). The molecule has 27 heavy (non-hydrogen) atoms. The number of H-pyrrole nitrogens is 1. The number of fused-ring (bicyclic) bond motifs is 1. The number of hydrogen-bond acceptors (Lipinski definition) is 4. The van der Waals surface area contributed by atoms with Crippen LogP contribution in [-0.2, 0) is 22.7 Å². The summed E-state index contributed by atoms with van der Waals surface area (Å²) in [5.41, 5.74) is 2.75. The van der Waals surface area contributed by atoms with Crippen molar-refractivity contribution in [3.05, 3.63) is 66.0 Å². The summed E-state index contributed by atoms with van der Waals surface area (Å²) in [5.74, 6) is 0.627. The highest BCUT2D eigenvalue weighted by molar-refractivity contribution is 5.77. The molecule has 140 valence electrons. The highest BCUT2D eigenvalue weighted by atomic mass is 16.5. The Morgan fingerprint density at radius 2 is 1.78 bits per heavy atom. The van der Waals surface area contributed by atoms with Gasteiger partial charge in [0.25, 0.3) is 0 Å². The van der Waals surface area contributed by atoms with Gasteiger partial charge in [0.05, 0.1) is 17.6 Å². The number of ether oxygens (including phenoxy) is 1. The summed E-state index contributed by atoms with van der Waals surface area (Å²) in [6, 6.07) is 17.2. The Kier molecular flexibility index (Phi) is 6.40. The average molecular weight is 366 g/mol. The van der Waals surface area contributed by atoms with Gasteiger partial charge < -0.3 is 20.4 Å². The molecule has 1 aromatic heterocycles. The second kappa shape index (κ2) is 9.38. The lowest BCUT2D eigenvalue weighted by Crippen LogP contribution is -2.28. The van der Waals surface area contributed by atoms with Gasteiger partial charge in [-0.2, -0.15) is 0 Å². The fraction of sp³-hybridized carbons (Fsp3) is 0.250. The molecule has 7 heteroatoms. The van der Waals surface area contributed by atoms with Crippen molar-refractivity contribution in [3.63, 3.8) is 0 Å². The third kappa shape index (κ3) is 5.85. The van der Waals surface area contributed by atoms with Gasteiger partial charge >= 0.3 is 6.09 Å². The molecule has 1 heterocycles.